The average molecular weight is 282 g/mol. The van der Waals surface area contributed by atoms with Crippen molar-refractivity contribution in [3.05, 3.63) is 22.4 Å². The fraction of sp³-hybridized carbons (Fsp3) is 0.750. The lowest BCUT2D eigenvalue weighted by Crippen LogP contribution is -2.31. The minimum absolute atomic E-state index is 0.622. The first kappa shape index (κ1) is 16.7. The van der Waals surface area contributed by atoms with Crippen molar-refractivity contribution in [1.82, 2.24) is 4.90 Å². The van der Waals surface area contributed by atoms with Crippen molar-refractivity contribution in [3.63, 3.8) is 0 Å². The van der Waals surface area contributed by atoms with E-state index in [0.717, 1.165) is 19.0 Å². The molecule has 3 heteroatoms. The average Bonchev–Trinajstić information content (AvgIpc) is 2.89. The van der Waals surface area contributed by atoms with Gasteiger partial charge >= 0.3 is 0 Å². The van der Waals surface area contributed by atoms with Crippen LogP contribution >= 0.6 is 11.3 Å². The third-order valence-corrected chi connectivity index (χ3v) is 4.74. The zero-order valence-corrected chi connectivity index (χ0v) is 13.6. The molecule has 0 spiro atoms. The molecule has 0 radical (unpaired) electrons. The maximum absolute atomic E-state index is 5.67. The molecular formula is C16H30N2S. The van der Waals surface area contributed by atoms with Crippen LogP contribution in [0.2, 0.25) is 0 Å². The van der Waals surface area contributed by atoms with E-state index in [9.17, 15) is 0 Å². The van der Waals surface area contributed by atoms with Gasteiger partial charge in [-0.05, 0) is 63.6 Å². The summed E-state index contributed by atoms with van der Waals surface area (Å²) in [5, 5.41) is 2.17. The predicted molar refractivity (Wildman–Crippen MR) is 86.6 cm³/mol. The third-order valence-electron chi connectivity index (χ3n) is 3.88. The Bertz CT molecular complexity index is 309. The van der Waals surface area contributed by atoms with Gasteiger partial charge in [-0.2, -0.15) is 0 Å². The van der Waals surface area contributed by atoms with Crippen LogP contribution in [0.15, 0.2) is 17.5 Å². The summed E-state index contributed by atoms with van der Waals surface area (Å²) in [5.41, 5.74) is 5.67. The van der Waals surface area contributed by atoms with Crippen molar-refractivity contribution in [2.45, 2.75) is 59.0 Å². The predicted octanol–water partition coefficient (Wildman–Crippen LogP) is 4.11. The van der Waals surface area contributed by atoms with Gasteiger partial charge in [0.1, 0.15) is 0 Å². The molecule has 0 saturated heterocycles. The molecule has 2 nitrogen and oxygen atoms in total. The lowest BCUT2D eigenvalue weighted by molar-refractivity contribution is 0.204. The first-order valence-corrected chi connectivity index (χ1v) is 8.51. The molecule has 1 atom stereocenters. The summed E-state index contributed by atoms with van der Waals surface area (Å²) < 4.78 is 0. The summed E-state index contributed by atoms with van der Waals surface area (Å²) in [5.74, 6) is 0.820. The van der Waals surface area contributed by atoms with Gasteiger partial charge in [0.05, 0.1) is 0 Å². The molecule has 0 aliphatic carbocycles. The van der Waals surface area contributed by atoms with Crippen LogP contribution in [0.3, 0.4) is 0 Å². The summed E-state index contributed by atoms with van der Waals surface area (Å²) >= 11 is 1.86. The number of hydrogen-bond acceptors (Lipinski definition) is 3. The van der Waals surface area contributed by atoms with E-state index < -0.39 is 0 Å². The van der Waals surface area contributed by atoms with Gasteiger partial charge in [0.25, 0.3) is 0 Å². The first-order chi connectivity index (χ1) is 9.17. The Labute approximate surface area is 123 Å². The van der Waals surface area contributed by atoms with Gasteiger partial charge < -0.3 is 5.73 Å². The van der Waals surface area contributed by atoms with Crippen LogP contribution in [0, 0.1) is 5.92 Å². The molecule has 0 aliphatic heterocycles. The fourth-order valence-electron chi connectivity index (χ4n) is 2.49. The van der Waals surface area contributed by atoms with Crippen LogP contribution in [0.4, 0.5) is 0 Å². The summed E-state index contributed by atoms with van der Waals surface area (Å²) in [7, 11) is 0. The van der Waals surface area contributed by atoms with E-state index in [1.807, 2.05) is 11.3 Å². The number of hydrogen-bond donors (Lipinski definition) is 1. The van der Waals surface area contributed by atoms with Gasteiger partial charge in [0, 0.05) is 17.5 Å². The molecule has 0 aliphatic rings. The molecule has 19 heavy (non-hydrogen) atoms. The molecule has 1 aromatic rings. The quantitative estimate of drug-likeness (QED) is 0.699. The number of thiophene rings is 1. The minimum atomic E-state index is 0.622. The molecule has 110 valence electrons. The highest BCUT2D eigenvalue weighted by Crippen LogP contribution is 2.18. The largest absolute Gasteiger partial charge is 0.330 e. The van der Waals surface area contributed by atoms with Crippen molar-refractivity contribution in [2.75, 3.05) is 13.1 Å². The van der Waals surface area contributed by atoms with Gasteiger partial charge in [0.2, 0.25) is 0 Å². The third kappa shape index (κ3) is 6.55. The van der Waals surface area contributed by atoms with Gasteiger partial charge in [-0.15, -0.1) is 11.3 Å². The molecule has 0 amide bonds. The van der Waals surface area contributed by atoms with Crippen molar-refractivity contribution in [2.24, 2.45) is 11.7 Å². The van der Waals surface area contributed by atoms with E-state index in [4.69, 9.17) is 5.73 Å². The lowest BCUT2D eigenvalue weighted by atomic mass is 9.96. The molecule has 0 bridgehead atoms. The summed E-state index contributed by atoms with van der Waals surface area (Å²) in [6.45, 7) is 10.0. The molecule has 2 N–H and O–H groups in total. The highest BCUT2D eigenvalue weighted by molar-refractivity contribution is 7.09. The Morgan fingerprint density at radius 1 is 1.32 bits per heavy atom. The van der Waals surface area contributed by atoms with E-state index in [1.54, 1.807) is 0 Å². The van der Waals surface area contributed by atoms with Crippen LogP contribution < -0.4 is 5.73 Å². The van der Waals surface area contributed by atoms with Crippen molar-refractivity contribution in [3.8, 4) is 0 Å². The monoisotopic (exact) mass is 282 g/mol. The smallest absolute Gasteiger partial charge is 0.0330 e. The van der Waals surface area contributed by atoms with E-state index in [1.165, 1.54) is 37.1 Å². The van der Waals surface area contributed by atoms with E-state index >= 15 is 0 Å². The van der Waals surface area contributed by atoms with Gasteiger partial charge in [-0.25, -0.2) is 0 Å². The summed E-state index contributed by atoms with van der Waals surface area (Å²) in [4.78, 5) is 4.06. The Kier molecular flexibility index (Phi) is 8.35. The molecule has 1 unspecified atom stereocenters. The summed E-state index contributed by atoms with van der Waals surface area (Å²) in [6, 6.07) is 5.01. The number of rotatable bonds is 10. The highest BCUT2D eigenvalue weighted by atomic mass is 32.1. The van der Waals surface area contributed by atoms with Crippen molar-refractivity contribution in [1.29, 1.82) is 0 Å². The zero-order valence-electron chi connectivity index (χ0n) is 12.8. The highest BCUT2D eigenvalue weighted by Gasteiger charge is 2.12. The molecule has 1 aromatic heterocycles. The van der Waals surface area contributed by atoms with Gasteiger partial charge in [-0.1, -0.05) is 19.4 Å². The van der Waals surface area contributed by atoms with Crippen LogP contribution in [-0.4, -0.2) is 24.0 Å². The van der Waals surface area contributed by atoms with Gasteiger partial charge in [-0.3, -0.25) is 4.90 Å². The van der Waals surface area contributed by atoms with Gasteiger partial charge in [0.15, 0.2) is 0 Å². The van der Waals surface area contributed by atoms with Crippen molar-refractivity contribution < 1.29 is 0 Å². The second-order valence-corrected chi connectivity index (χ2v) is 6.67. The lowest BCUT2D eigenvalue weighted by Gasteiger charge is -2.26. The molecule has 0 aromatic carbocycles. The van der Waals surface area contributed by atoms with Crippen LogP contribution in [0.5, 0.6) is 0 Å². The van der Waals surface area contributed by atoms with E-state index in [-0.39, 0.29) is 0 Å². The second kappa shape index (κ2) is 9.51. The Morgan fingerprint density at radius 3 is 2.63 bits per heavy atom. The maximum atomic E-state index is 5.67. The number of nitrogens with zero attached hydrogens (tertiary/aromatic N) is 1. The van der Waals surface area contributed by atoms with E-state index in [0.29, 0.717) is 6.04 Å². The molecule has 1 rings (SSSR count). The molecule has 0 fully saturated rings. The van der Waals surface area contributed by atoms with Crippen LogP contribution in [0.1, 0.15) is 51.3 Å². The topological polar surface area (TPSA) is 29.3 Å². The molecule has 1 heterocycles. The molecular weight excluding hydrogens is 252 g/mol. The molecule has 0 saturated carbocycles. The Balaban J connectivity index is 2.33. The fourth-order valence-corrected chi connectivity index (χ4v) is 3.22. The maximum Gasteiger partial charge on any atom is 0.0330 e. The zero-order chi connectivity index (χ0) is 14.1. The van der Waals surface area contributed by atoms with E-state index in [2.05, 4.69) is 43.2 Å². The van der Waals surface area contributed by atoms with Crippen LogP contribution in [-0.2, 0) is 6.54 Å². The number of nitrogens with two attached hydrogens (primary N) is 1. The SMILES string of the molecule is CCC(CCN)CCCN(Cc1cccs1)C(C)C. The Morgan fingerprint density at radius 2 is 2.11 bits per heavy atom. The normalized spacial score (nSPS) is 13.4. The first-order valence-electron chi connectivity index (χ1n) is 7.63. The summed E-state index contributed by atoms with van der Waals surface area (Å²) in [6.07, 6.45) is 5.07. The second-order valence-electron chi connectivity index (χ2n) is 5.64. The Hall–Kier alpha value is -0.380. The van der Waals surface area contributed by atoms with Crippen molar-refractivity contribution >= 4 is 11.3 Å². The van der Waals surface area contributed by atoms with Crippen LogP contribution in [0.25, 0.3) is 0 Å². The minimum Gasteiger partial charge on any atom is -0.330 e. The standard InChI is InChI=1S/C16H30N2S/c1-4-15(9-10-17)7-5-11-18(14(2)3)13-16-8-6-12-19-16/h6,8,12,14-15H,4-5,7,9-11,13,17H2,1-3H3.